The van der Waals surface area contributed by atoms with Crippen LogP contribution >= 0.6 is 0 Å². The zero-order valence-corrected chi connectivity index (χ0v) is 16.4. The van der Waals surface area contributed by atoms with Crippen LogP contribution in [-0.4, -0.2) is 72.6 Å². The number of nitrogens with zero attached hydrogens (tertiary/aromatic N) is 4. The van der Waals surface area contributed by atoms with Gasteiger partial charge in [-0.15, -0.1) is 0 Å². The Labute approximate surface area is 160 Å². The van der Waals surface area contributed by atoms with E-state index in [9.17, 15) is 4.79 Å². The number of aromatic nitrogens is 1. The Hall–Kier alpha value is -2.38. The molecular formula is C20H28N4O3. The summed E-state index contributed by atoms with van der Waals surface area (Å²) in [5.74, 6) is 1.79. The Morgan fingerprint density at radius 2 is 1.96 bits per heavy atom. The van der Waals surface area contributed by atoms with Crippen LogP contribution in [0.5, 0.6) is 5.75 Å². The molecule has 1 aliphatic heterocycles. The molecule has 0 aliphatic carbocycles. The number of methoxy groups -OCH3 is 1. The predicted octanol–water partition coefficient (Wildman–Crippen LogP) is 1.77. The maximum absolute atomic E-state index is 12.6. The molecule has 0 spiro atoms. The molecule has 146 valence electrons. The first-order valence-electron chi connectivity index (χ1n) is 9.27. The van der Waals surface area contributed by atoms with Crippen LogP contribution in [0.25, 0.3) is 0 Å². The van der Waals surface area contributed by atoms with Crippen LogP contribution in [0.15, 0.2) is 34.9 Å². The smallest absolute Gasteiger partial charge is 0.236 e. The molecule has 2 heterocycles. The highest BCUT2D eigenvalue weighted by molar-refractivity contribution is 5.78. The number of aryl methyl sites for hydroxylation is 1. The maximum Gasteiger partial charge on any atom is 0.236 e. The molecule has 0 bridgehead atoms. The lowest BCUT2D eigenvalue weighted by Crippen LogP contribution is -2.49. The first-order valence-corrected chi connectivity index (χ1v) is 9.27. The van der Waals surface area contributed by atoms with E-state index in [-0.39, 0.29) is 5.91 Å². The Bertz CT molecular complexity index is 753. The number of benzene rings is 1. The van der Waals surface area contributed by atoms with Gasteiger partial charge in [0, 0.05) is 52.4 Å². The third kappa shape index (κ3) is 5.55. The van der Waals surface area contributed by atoms with Gasteiger partial charge in [-0.1, -0.05) is 17.3 Å². The Morgan fingerprint density at radius 3 is 2.63 bits per heavy atom. The van der Waals surface area contributed by atoms with E-state index in [1.807, 2.05) is 44.3 Å². The minimum Gasteiger partial charge on any atom is -0.497 e. The molecule has 1 aromatic heterocycles. The second-order valence-electron chi connectivity index (χ2n) is 7.08. The maximum atomic E-state index is 12.6. The number of piperazine rings is 1. The normalized spacial score (nSPS) is 15.7. The molecule has 1 aromatic carbocycles. The van der Waals surface area contributed by atoms with Crippen LogP contribution in [0.1, 0.15) is 17.0 Å². The summed E-state index contributed by atoms with van der Waals surface area (Å²) in [4.78, 5) is 18.9. The van der Waals surface area contributed by atoms with Crippen LogP contribution < -0.4 is 4.74 Å². The van der Waals surface area contributed by atoms with Crippen LogP contribution in [-0.2, 0) is 17.9 Å². The van der Waals surface area contributed by atoms with Gasteiger partial charge in [-0.3, -0.25) is 14.6 Å². The molecule has 3 rings (SSSR count). The second-order valence-corrected chi connectivity index (χ2v) is 7.08. The minimum atomic E-state index is 0.137. The van der Waals surface area contributed by atoms with E-state index in [0.717, 1.165) is 55.5 Å². The quantitative estimate of drug-likeness (QED) is 0.738. The van der Waals surface area contributed by atoms with Crippen molar-refractivity contribution in [2.24, 2.45) is 0 Å². The standard InChI is InChI=1S/C20H28N4O3/c1-16-11-18(21-27-16)14-23-7-9-24(10-8-23)15-20(25)22(2)13-17-5-4-6-19(12-17)26-3/h4-6,11-12H,7-10,13-15H2,1-3H3. The van der Waals surface area contributed by atoms with Crippen LogP contribution in [0.3, 0.4) is 0 Å². The van der Waals surface area contributed by atoms with Gasteiger partial charge in [0.25, 0.3) is 0 Å². The summed E-state index contributed by atoms with van der Waals surface area (Å²) < 4.78 is 10.4. The first-order chi connectivity index (χ1) is 13.0. The molecule has 2 aromatic rings. The minimum absolute atomic E-state index is 0.137. The summed E-state index contributed by atoms with van der Waals surface area (Å²) in [5, 5.41) is 4.05. The fourth-order valence-corrected chi connectivity index (χ4v) is 3.27. The van der Waals surface area contributed by atoms with Gasteiger partial charge in [0.15, 0.2) is 0 Å². The number of carbonyl (C=O) groups is 1. The number of ether oxygens (including phenoxy) is 1. The molecule has 1 saturated heterocycles. The molecule has 0 saturated carbocycles. The average Bonchev–Trinajstić information content (AvgIpc) is 3.08. The second kappa shape index (κ2) is 9.01. The van der Waals surface area contributed by atoms with E-state index in [1.165, 1.54) is 0 Å². The van der Waals surface area contributed by atoms with Gasteiger partial charge in [-0.05, 0) is 24.6 Å². The average molecular weight is 372 g/mol. The van der Waals surface area contributed by atoms with E-state index >= 15 is 0 Å². The largest absolute Gasteiger partial charge is 0.497 e. The summed E-state index contributed by atoms with van der Waals surface area (Å²) in [6.45, 7) is 7.37. The molecule has 0 unspecified atom stereocenters. The Balaban J connectivity index is 1.43. The molecule has 1 fully saturated rings. The fraction of sp³-hybridized carbons (Fsp3) is 0.500. The van der Waals surface area contributed by atoms with Crippen molar-refractivity contribution in [2.45, 2.75) is 20.0 Å². The van der Waals surface area contributed by atoms with Crippen LogP contribution in [0.2, 0.25) is 0 Å². The lowest BCUT2D eigenvalue weighted by molar-refractivity contribution is -0.132. The molecule has 7 nitrogen and oxygen atoms in total. The van der Waals surface area contributed by atoms with Crippen molar-refractivity contribution in [1.29, 1.82) is 0 Å². The van der Waals surface area contributed by atoms with Crippen LogP contribution in [0.4, 0.5) is 0 Å². The van der Waals surface area contributed by atoms with Gasteiger partial charge in [0.05, 0.1) is 19.3 Å². The molecule has 1 amide bonds. The van der Waals surface area contributed by atoms with Gasteiger partial charge in [-0.2, -0.15) is 0 Å². The molecule has 1 aliphatic rings. The van der Waals surface area contributed by atoms with Crippen molar-refractivity contribution < 1.29 is 14.1 Å². The predicted molar refractivity (Wildman–Crippen MR) is 102 cm³/mol. The summed E-state index contributed by atoms with van der Waals surface area (Å²) >= 11 is 0. The Kier molecular flexibility index (Phi) is 6.47. The highest BCUT2D eigenvalue weighted by Crippen LogP contribution is 2.14. The molecule has 0 radical (unpaired) electrons. The van der Waals surface area contributed by atoms with E-state index in [0.29, 0.717) is 13.1 Å². The lowest BCUT2D eigenvalue weighted by atomic mass is 10.2. The number of likely N-dealkylation sites (N-methyl/N-ethyl adjacent to an activating group) is 1. The van der Waals surface area contributed by atoms with Crippen molar-refractivity contribution in [3.8, 4) is 5.75 Å². The van der Waals surface area contributed by atoms with Crippen molar-refractivity contribution in [1.82, 2.24) is 19.9 Å². The fourth-order valence-electron chi connectivity index (χ4n) is 3.27. The summed E-state index contributed by atoms with van der Waals surface area (Å²) in [6.07, 6.45) is 0. The van der Waals surface area contributed by atoms with Gasteiger partial charge >= 0.3 is 0 Å². The van der Waals surface area contributed by atoms with Gasteiger partial charge in [0.1, 0.15) is 11.5 Å². The number of hydrogen-bond acceptors (Lipinski definition) is 6. The van der Waals surface area contributed by atoms with E-state index in [4.69, 9.17) is 9.26 Å². The monoisotopic (exact) mass is 372 g/mol. The summed E-state index contributed by atoms with van der Waals surface area (Å²) in [5.41, 5.74) is 2.04. The zero-order valence-electron chi connectivity index (χ0n) is 16.4. The number of hydrogen-bond donors (Lipinski definition) is 0. The molecule has 0 atom stereocenters. The van der Waals surface area contributed by atoms with Crippen molar-refractivity contribution in [3.05, 3.63) is 47.3 Å². The highest BCUT2D eigenvalue weighted by atomic mass is 16.5. The third-order valence-electron chi connectivity index (χ3n) is 4.87. The molecule has 7 heteroatoms. The first kappa shape index (κ1) is 19.4. The molecule has 27 heavy (non-hydrogen) atoms. The van der Waals surface area contributed by atoms with E-state index in [2.05, 4.69) is 15.0 Å². The van der Waals surface area contributed by atoms with Crippen molar-refractivity contribution in [2.75, 3.05) is 46.9 Å². The zero-order chi connectivity index (χ0) is 19.2. The summed E-state index contributed by atoms with van der Waals surface area (Å²) in [7, 11) is 3.50. The number of rotatable bonds is 7. The van der Waals surface area contributed by atoms with Crippen molar-refractivity contribution >= 4 is 5.91 Å². The van der Waals surface area contributed by atoms with Gasteiger partial charge < -0.3 is 14.2 Å². The Morgan fingerprint density at radius 1 is 1.22 bits per heavy atom. The van der Waals surface area contributed by atoms with E-state index in [1.54, 1.807) is 12.0 Å². The van der Waals surface area contributed by atoms with E-state index < -0.39 is 0 Å². The molecule has 0 N–H and O–H groups in total. The SMILES string of the molecule is COc1cccc(CN(C)C(=O)CN2CCN(Cc3cc(C)on3)CC2)c1. The highest BCUT2D eigenvalue weighted by Gasteiger charge is 2.21. The number of amides is 1. The van der Waals surface area contributed by atoms with Gasteiger partial charge in [0.2, 0.25) is 5.91 Å². The van der Waals surface area contributed by atoms with Gasteiger partial charge in [-0.25, -0.2) is 0 Å². The third-order valence-corrected chi connectivity index (χ3v) is 4.87. The van der Waals surface area contributed by atoms with Crippen LogP contribution in [0, 0.1) is 6.92 Å². The summed E-state index contributed by atoms with van der Waals surface area (Å²) in [6, 6.07) is 9.81. The lowest BCUT2D eigenvalue weighted by Gasteiger charge is -2.34. The molecular weight excluding hydrogens is 344 g/mol. The number of carbonyl (C=O) groups excluding carboxylic acids is 1. The van der Waals surface area contributed by atoms with Crippen molar-refractivity contribution in [3.63, 3.8) is 0 Å². The topological polar surface area (TPSA) is 62.1 Å².